The minimum atomic E-state index is 0. The average Bonchev–Trinajstić information content (AvgIpc) is 2.48. The van der Waals surface area contributed by atoms with Gasteiger partial charge in [0.1, 0.15) is 0 Å². The molecule has 0 saturated heterocycles. The second-order valence-electron chi connectivity index (χ2n) is 4.61. The Kier molecular flexibility index (Phi) is 12.4. The number of ether oxygens (including phenoxy) is 1. The Hall–Kier alpha value is -0.820. The molecule has 1 rings (SSSR count). The second-order valence-corrected chi connectivity index (χ2v) is 4.61. The van der Waals surface area contributed by atoms with Gasteiger partial charge >= 0.3 is 0 Å². The first-order chi connectivity index (χ1) is 9.77. The molecule has 0 radical (unpaired) electrons. The first kappa shape index (κ1) is 20.2. The van der Waals surface area contributed by atoms with Crippen LogP contribution < -0.4 is 5.73 Å². The molecule has 5 heteroatoms. The zero-order chi connectivity index (χ0) is 14.6. The van der Waals surface area contributed by atoms with Crippen LogP contribution in [0.15, 0.2) is 35.3 Å². The largest absolute Gasteiger partial charge is 0.381 e. The van der Waals surface area contributed by atoms with E-state index in [1.807, 2.05) is 6.07 Å². The Labute approximate surface area is 145 Å². The number of hydrogen-bond donors (Lipinski definition) is 1. The van der Waals surface area contributed by atoms with E-state index in [9.17, 15) is 0 Å². The summed E-state index contributed by atoms with van der Waals surface area (Å²) in [4.78, 5) is 6.41. The average molecular weight is 405 g/mol. The Bertz CT molecular complexity index is 380. The van der Waals surface area contributed by atoms with Crippen molar-refractivity contribution < 1.29 is 4.74 Å². The number of rotatable bonds is 9. The van der Waals surface area contributed by atoms with Gasteiger partial charge in [-0.2, -0.15) is 0 Å². The summed E-state index contributed by atoms with van der Waals surface area (Å²) >= 11 is 0. The standard InChI is InChI=1S/C16H27N3O.HI/c1-3-19(4-2)16(17)18-12-8-13-20-14-11-15-9-6-5-7-10-15;/h5-7,9-10H,3-4,8,11-14H2,1-2H3,(H2,17,18);1H. The molecule has 0 aromatic heterocycles. The zero-order valence-electron chi connectivity index (χ0n) is 13.1. The monoisotopic (exact) mass is 405 g/mol. The van der Waals surface area contributed by atoms with Gasteiger partial charge in [0.2, 0.25) is 0 Å². The summed E-state index contributed by atoms with van der Waals surface area (Å²) in [5.74, 6) is 0.638. The molecular weight excluding hydrogens is 377 g/mol. The van der Waals surface area contributed by atoms with E-state index >= 15 is 0 Å². The third-order valence-corrected chi connectivity index (χ3v) is 3.19. The highest BCUT2D eigenvalue weighted by molar-refractivity contribution is 14.0. The highest BCUT2D eigenvalue weighted by atomic mass is 127. The van der Waals surface area contributed by atoms with Crippen molar-refractivity contribution in [2.75, 3.05) is 32.8 Å². The van der Waals surface area contributed by atoms with Crippen molar-refractivity contribution in [3.8, 4) is 0 Å². The minimum absolute atomic E-state index is 0. The maximum Gasteiger partial charge on any atom is 0.191 e. The van der Waals surface area contributed by atoms with Gasteiger partial charge in [-0.05, 0) is 32.3 Å². The molecule has 4 nitrogen and oxygen atoms in total. The van der Waals surface area contributed by atoms with Crippen LogP contribution in [0.25, 0.3) is 0 Å². The molecule has 0 saturated carbocycles. The van der Waals surface area contributed by atoms with Crippen LogP contribution in [-0.2, 0) is 11.2 Å². The summed E-state index contributed by atoms with van der Waals surface area (Å²) in [6.07, 6.45) is 1.88. The summed E-state index contributed by atoms with van der Waals surface area (Å²) in [6, 6.07) is 10.4. The fourth-order valence-electron chi connectivity index (χ4n) is 1.94. The lowest BCUT2D eigenvalue weighted by Crippen LogP contribution is -2.37. The third kappa shape index (κ3) is 8.93. The molecule has 0 fully saturated rings. The van der Waals surface area contributed by atoms with Crippen LogP contribution in [0, 0.1) is 0 Å². The van der Waals surface area contributed by atoms with Gasteiger partial charge in [0.05, 0.1) is 6.61 Å². The molecule has 1 aromatic carbocycles. The molecule has 21 heavy (non-hydrogen) atoms. The van der Waals surface area contributed by atoms with Crippen molar-refractivity contribution in [2.24, 2.45) is 10.7 Å². The van der Waals surface area contributed by atoms with Crippen LogP contribution in [0.2, 0.25) is 0 Å². The number of guanidine groups is 1. The second kappa shape index (κ2) is 12.9. The van der Waals surface area contributed by atoms with Crippen molar-refractivity contribution in [2.45, 2.75) is 26.7 Å². The molecule has 120 valence electrons. The van der Waals surface area contributed by atoms with Crippen LogP contribution in [0.1, 0.15) is 25.8 Å². The Morgan fingerprint density at radius 2 is 1.81 bits per heavy atom. The van der Waals surface area contributed by atoms with Gasteiger partial charge in [0, 0.05) is 26.2 Å². The Morgan fingerprint density at radius 1 is 1.14 bits per heavy atom. The van der Waals surface area contributed by atoms with Crippen molar-refractivity contribution in [3.05, 3.63) is 35.9 Å². The summed E-state index contributed by atoms with van der Waals surface area (Å²) in [5, 5.41) is 0. The van der Waals surface area contributed by atoms with E-state index in [1.54, 1.807) is 0 Å². The highest BCUT2D eigenvalue weighted by Crippen LogP contribution is 1.99. The molecule has 0 aliphatic heterocycles. The van der Waals surface area contributed by atoms with Crippen LogP contribution >= 0.6 is 24.0 Å². The van der Waals surface area contributed by atoms with Gasteiger partial charge in [0.25, 0.3) is 0 Å². The van der Waals surface area contributed by atoms with Gasteiger partial charge < -0.3 is 15.4 Å². The first-order valence-corrected chi connectivity index (χ1v) is 7.44. The van der Waals surface area contributed by atoms with Crippen molar-refractivity contribution >= 4 is 29.9 Å². The van der Waals surface area contributed by atoms with E-state index < -0.39 is 0 Å². The molecule has 2 N–H and O–H groups in total. The van der Waals surface area contributed by atoms with Crippen molar-refractivity contribution in [1.82, 2.24) is 4.90 Å². The number of hydrogen-bond acceptors (Lipinski definition) is 2. The third-order valence-electron chi connectivity index (χ3n) is 3.19. The normalized spacial score (nSPS) is 11.0. The lowest BCUT2D eigenvalue weighted by Gasteiger charge is -2.19. The number of halogens is 1. The number of aliphatic imine (C=N–C) groups is 1. The number of nitrogens with two attached hydrogens (primary N) is 1. The predicted molar refractivity (Wildman–Crippen MR) is 100 cm³/mol. The topological polar surface area (TPSA) is 50.8 Å². The SMILES string of the molecule is CCN(CC)C(N)=NCCCOCCc1ccccc1.I. The molecule has 0 amide bonds. The molecule has 0 unspecified atom stereocenters. The van der Waals surface area contributed by atoms with Gasteiger partial charge in [0.15, 0.2) is 5.96 Å². The number of benzene rings is 1. The summed E-state index contributed by atoms with van der Waals surface area (Å²) in [7, 11) is 0. The predicted octanol–water partition coefficient (Wildman–Crippen LogP) is 2.91. The molecule has 1 aromatic rings. The summed E-state index contributed by atoms with van der Waals surface area (Å²) in [5.41, 5.74) is 7.21. The van der Waals surface area contributed by atoms with Crippen LogP contribution in [0.3, 0.4) is 0 Å². The van der Waals surface area contributed by atoms with E-state index in [0.29, 0.717) is 5.96 Å². The van der Waals surface area contributed by atoms with Gasteiger partial charge in [-0.15, -0.1) is 24.0 Å². The lowest BCUT2D eigenvalue weighted by molar-refractivity contribution is 0.136. The van der Waals surface area contributed by atoms with E-state index in [0.717, 1.165) is 45.7 Å². The maximum absolute atomic E-state index is 5.89. The molecule has 0 atom stereocenters. The van der Waals surface area contributed by atoms with Crippen LogP contribution in [0.5, 0.6) is 0 Å². The minimum Gasteiger partial charge on any atom is -0.381 e. The molecule has 0 spiro atoms. The van der Waals surface area contributed by atoms with E-state index in [4.69, 9.17) is 10.5 Å². The quantitative estimate of drug-likeness (QED) is 0.298. The van der Waals surface area contributed by atoms with E-state index in [1.165, 1.54) is 5.56 Å². The summed E-state index contributed by atoms with van der Waals surface area (Å²) < 4.78 is 5.61. The van der Waals surface area contributed by atoms with E-state index in [2.05, 4.69) is 48.0 Å². The van der Waals surface area contributed by atoms with Gasteiger partial charge in [-0.1, -0.05) is 30.3 Å². The molecular formula is C16H28IN3O. The Balaban J connectivity index is 0.00000400. The number of nitrogens with zero attached hydrogens (tertiary/aromatic N) is 2. The highest BCUT2D eigenvalue weighted by Gasteiger charge is 2.00. The molecule has 0 aliphatic rings. The van der Waals surface area contributed by atoms with E-state index in [-0.39, 0.29) is 24.0 Å². The molecule has 0 heterocycles. The van der Waals surface area contributed by atoms with Gasteiger partial charge in [-0.3, -0.25) is 4.99 Å². The molecule has 0 aliphatic carbocycles. The van der Waals surface area contributed by atoms with Crippen molar-refractivity contribution in [3.63, 3.8) is 0 Å². The smallest absolute Gasteiger partial charge is 0.191 e. The van der Waals surface area contributed by atoms with Crippen molar-refractivity contribution in [1.29, 1.82) is 0 Å². The van der Waals surface area contributed by atoms with Crippen LogP contribution in [-0.4, -0.2) is 43.7 Å². The fourth-order valence-corrected chi connectivity index (χ4v) is 1.94. The van der Waals surface area contributed by atoms with Gasteiger partial charge in [-0.25, -0.2) is 0 Å². The molecule has 0 bridgehead atoms. The zero-order valence-corrected chi connectivity index (χ0v) is 15.5. The Morgan fingerprint density at radius 3 is 2.43 bits per heavy atom. The first-order valence-electron chi connectivity index (χ1n) is 7.44. The van der Waals surface area contributed by atoms with Crippen LogP contribution in [0.4, 0.5) is 0 Å². The summed E-state index contributed by atoms with van der Waals surface area (Å²) in [6.45, 7) is 8.20. The fraction of sp³-hybridized carbons (Fsp3) is 0.562. The maximum atomic E-state index is 5.89. The lowest BCUT2D eigenvalue weighted by atomic mass is 10.2.